The highest BCUT2D eigenvalue weighted by molar-refractivity contribution is 6.02. The van der Waals surface area contributed by atoms with E-state index in [9.17, 15) is 9.59 Å². The van der Waals surface area contributed by atoms with Crippen LogP contribution in [0.4, 0.5) is 11.4 Å². The third kappa shape index (κ3) is 5.12. The van der Waals surface area contributed by atoms with E-state index in [4.69, 9.17) is 4.42 Å². The van der Waals surface area contributed by atoms with Gasteiger partial charge in [0.25, 0.3) is 5.91 Å². The summed E-state index contributed by atoms with van der Waals surface area (Å²) in [6.45, 7) is 8.34. The quantitative estimate of drug-likeness (QED) is 0.799. The standard InChI is InChI=1S/C21H29N3O3/c1-14(2)15(3)24(16(4)25)13-17-12-18(9-10-19(17)23(5)6)22-21(26)20-8-7-11-27-20/h7-12,14-15H,13H2,1-6H3,(H,22,26). The molecule has 2 rings (SSSR count). The third-order valence-electron chi connectivity index (χ3n) is 4.77. The van der Waals surface area contributed by atoms with Crippen molar-refractivity contribution in [2.24, 2.45) is 5.92 Å². The maximum atomic E-state index is 12.3. The van der Waals surface area contributed by atoms with Crippen LogP contribution in [0.3, 0.4) is 0 Å². The van der Waals surface area contributed by atoms with Gasteiger partial charge in [-0.3, -0.25) is 9.59 Å². The van der Waals surface area contributed by atoms with E-state index in [-0.39, 0.29) is 23.6 Å². The molecule has 1 aromatic heterocycles. The van der Waals surface area contributed by atoms with Crippen molar-refractivity contribution in [3.8, 4) is 0 Å². The number of furan rings is 1. The van der Waals surface area contributed by atoms with Gasteiger partial charge in [-0.05, 0) is 48.7 Å². The largest absolute Gasteiger partial charge is 0.459 e. The van der Waals surface area contributed by atoms with Crippen LogP contribution < -0.4 is 10.2 Å². The third-order valence-corrected chi connectivity index (χ3v) is 4.77. The van der Waals surface area contributed by atoms with Crippen molar-refractivity contribution in [2.75, 3.05) is 24.3 Å². The molecule has 6 nitrogen and oxygen atoms in total. The molecule has 2 aromatic rings. The molecule has 0 bridgehead atoms. The van der Waals surface area contributed by atoms with E-state index < -0.39 is 0 Å². The minimum Gasteiger partial charge on any atom is -0.459 e. The molecule has 0 aliphatic rings. The van der Waals surface area contributed by atoms with E-state index >= 15 is 0 Å². The molecule has 0 radical (unpaired) electrons. The second-order valence-electron chi connectivity index (χ2n) is 7.30. The van der Waals surface area contributed by atoms with E-state index in [0.29, 0.717) is 18.2 Å². The second-order valence-corrected chi connectivity index (χ2v) is 7.30. The molecule has 2 amide bonds. The van der Waals surface area contributed by atoms with Gasteiger partial charge in [0.1, 0.15) is 0 Å². The summed E-state index contributed by atoms with van der Waals surface area (Å²) in [6, 6.07) is 9.12. The summed E-state index contributed by atoms with van der Waals surface area (Å²) in [5, 5.41) is 2.85. The summed E-state index contributed by atoms with van der Waals surface area (Å²) < 4.78 is 5.14. The Morgan fingerprint density at radius 2 is 1.85 bits per heavy atom. The van der Waals surface area contributed by atoms with Crippen molar-refractivity contribution < 1.29 is 14.0 Å². The van der Waals surface area contributed by atoms with Crippen LogP contribution in [0.5, 0.6) is 0 Å². The van der Waals surface area contributed by atoms with Crippen LogP contribution in [0, 0.1) is 5.92 Å². The number of rotatable bonds is 7. The van der Waals surface area contributed by atoms with Crippen molar-refractivity contribution in [2.45, 2.75) is 40.3 Å². The maximum Gasteiger partial charge on any atom is 0.291 e. The van der Waals surface area contributed by atoms with Gasteiger partial charge < -0.3 is 19.5 Å². The molecule has 6 heteroatoms. The fourth-order valence-corrected chi connectivity index (χ4v) is 2.91. The van der Waals surface area contributed by atoms with Gasteiger partial charge in [-0.1, -0.05) is 13.8 Å². The molecule has 1 aromatic carbocycles. The number of hydrogen-bond donors (Lipinski definition) is 1. The Bertz CT molecular complexity index is 782. The molecule has 1 atom stereocenters. The highest BCUT2D eigenvalue weighted by Crippen LogP contribution is 2.26. The number of carbonyl (C=O) groups is 2. The molecule has 0 saturated carbocycles. The summed E-state index contributed by atoms with van der Waals surface area (Å²) in [7, 11) is 3.92. The second kappa shape index (κ2) is 8.75. The highest BCUT2D eigenvalue weighted by atomic mass is 16.3. The summed E-state index contributed by atoms with van der Waals surface area (Å²) in [6.07, 6.45) is 1.47. The molecule has 0 aliphatic carbocycles. The zero-order valence-corrected chi connectivity index (χ0v) is 16.9. The van der Waals surface area contributed by atoms with Gasteiger partial charge in [0.15, 0.2) is 5.76 Å². The number of benzene rings is 1. The Balaban J connectivity index is 2.31. The lowest BCUT2D eigenvalue weighted by atomic mass is 10.0. The first-order chi connectivity index (χ1) is 12.7. The minimum atomic E-state index is -0.303. The van der Waals surface area contributed by atoms with Crippen LogP contribution in [-0.4, -0.2) is 36.9 Å². The molecule has 1 unspecified atom stereocenters. The van der Waals surface area contributed by atoms with Crippen LogP contribution in [0.2, 0.25) is 0 Å². The lowest BCUT2D eigenvalue weighted by Gasteiger charge is -2.32. The van der Waals surface area contributed by atoms with Crippen LogP contribution in [0.15, 0.2) is 41.0 Å². The average Bonchev–Trinajstić information content (AvgIpc) is 3.13. The molecule has 146 valence electrons. The topological polar surface area (TPSA) is 65.8 Å². The number of amides is 2. The van der Waals surface area contributed by atoms with Crippen molar-refractivity contribution in [3.63, 3.8) is 0 Å². The number of anilines is 2. The number of carbonyl (C=O) groups excluding carboxylic acids is 2. The van der Waals surface area contributed by atoms with Crippen LogP contribution in [-0.2, 0) is 11.3 Å². The van der Waals surface area contributed by atoms with E-state index in [0.717, 1.165) is 11.3 Å². The van der Waals surface area contributed by atoms with Crippen molar-refractivity contribution in [3.05, 3.63) is 47.9 Å². The van der Waals surface area contributed by atoms with Crippen molar-refractivity contribution in [1.82, 2.24) is 4.90 Å². The maximum absolute atomic E-state index is 12.3. The van der Waals surface area contributed by atoms with Gasteiger partial charge in [0, 0.05) is 45.0 Å². The first-order valence-corrected chi connectivity index (χ1v) is 9.13. The summed E-state index contributed by atoms with van der Waals surface area (Å²) in [5.74, 6) is 0.332. The zero-order valence-electron chi connectivity index (χ0n) is 16.9. The monoisotopic (exact) mass is 371 g/mol. The molecule has 27 heavy (non-hydrogen) atoms. The van der Waals surface area contributed by atoms with Gasteiger partial charge in [-0.2, -0.15) is 0 Å². The highest BCUT2D eigenvalue weighted by Gasteiger charge is 2.22. The minimum absolute atomic E-state index is 0.0333. The summed E-state index contributed by atoms with van der Waals surface area (Å²) in [4.78, 5) is 28.3. The Hall–Kier alpha value is -2.76. The van der Waals surface area contributed by atoms with E-state index in [2.05, 4.69) is 26.1 Å². The Labute approximate surface area is 161 Å². The molecule has 1 heterocycles. The van der Waals surface area contributed by atoms with Crippen LogP contribution >= 0.6 is 0 Å². The Morgan fingerprint density at radius 3 is 2.37 bits per heavy atom. The van der Waals surface area contributed by atoms with E-state index in [1.54, 1.807) is 19.1 Å². The molecular weight excluding hydrogens is 342 g/mol. The first-order valence-electron chi connectivity index (χ1n) is 9.13. The van der Waals surface area contributed by atoms with Crippen LogP contribution in [0.25, 0.3) is 0 Å². The molecule has 0 aliphatic heterocycles. The van der Waals surface area contributed by atoms with Gasteiger partial charge >= 0.3 is 0 Å². The lowest BCUT2D eigenvalue weighted by Crippen LogP contribution is -2.39. The Morgan fingerprint density at radius 1 is 1.15 bits per heavy atom. The number of nitrogens with zero attached hydrogens (tertiary/aromatic N) is 2. The Kier molecular flexibility index (Phi) is 6.66. The summed E-state index contributed by atoms with van der Waals surface area (Å²) >= 11 is 0. The molecule has 0 spiro atoms. The van der Waals surface area contributed by atoms with E-state index in [1.165, 1.54) is 6.26 Å². The predicted octanol–water partition coefficient (Wildman–Crippen LogP) is 3.99. The normalized spacial score (nSPS) is 12.0. The van der Waals surface area contributed by atoms with Crippen molar-refractivity contribution in [1.29, 1.82) is 0 Å². The van der Waals surface area contributed by atoms with Gasteiger partial charge in [-0.25, -0.2) is 0 Å². The summed E-state index contributed by atoms with van der Waals surface area (Å²) in [5.41, 5.74) is 2.64. The zero-order chi connectivity index (χ0) is 20.1. The van der Waals surface area contributed by atoms with E-state index in [1.807, 2.05) is 42.1 Å². The predicted molar refractivity (Wildman–Crippen MR) is 108 cm³/mol. The molecule has 1 N–H and O–H groups in total. The molecule has 0 saturated heterocycles. The smallest absolute Gasteiger partial charge is 0.291 e. The van der Waals surface area contributed by atoms with Crippen LogP contribution in [0.1, 0.15) is 43.8 Å². The average molecular weight is 371 g/mol. The molecular formula is C21H29N3O3. The number of nitrogens with one attached hydrogen (secondary N) is 1. The van der Waals surface area contributed by atoms with Crippen molar-refractivity contribution >= 4 is 23.2 Å². The fourth-order valence-electron chi connectivity index (χ4n) is 2.91. The SMILES string of the molecule is CC(=O)N(Cc1cc(NC(=O)c2ccco2)ccc1N(C)C)C(C)C(C)C. The number of hydrogen-bond acceptors (Lipinski definition) is 4. The fraction of sp³-hybridized carbons (Fsp3) is 0.429. The van der Waals surface area contributed by atoms with Gasteiger partial charge in [0.05, 0.1) is 6.26 Å². The van der Waals surface area contributed by atoms with Gasteiger partial charge in [-0.15, -0.1) is 0 Å². The lowest BCUT2D eigenvalue weighted by molar-refractivity contribution is -0.132. The van der Waals surface area contributed by atoms with Gasteiger partial charge in [0.2, 0.25) is 5.91 Å². The first kappa shape index (κ1) is 20.6. The molecule has 0 fully saturated rings.